The van der Waals surface area contributed by atoms with Gasteiger partial charge in [0.2, 0.25) is 0 Å². The van der Waals surface area contributed by atoms with Crippen LogP contribution in [0.4, 0.5) is 13.2 Å². The monoisotopic (exact) mass is 257 g/mol. The quantitative estimate of drug-likeness (QED) is 0.829. The third kappa shape index (κ3) is 2.29. The van der Waals surface area contributed by atoms with E-state index in [1.807, 2.05) is 0 Å². The highest BCUT2D eigenvalue weighted by atomic mass is 19.4. The first-order chi connectivity index (χ1) is 8.41. The van der Waals surface area contributed by atoms with Crippen LogP contribution in [-0.2, 0) is 13.2 Å². The van der Waals surface area contributed by atoms with E-state index in [0.29, 0.717) is 11.3 Å². The number of halogens is 3. The van der Waals surface area contributed by atoms with Gasteiger partial charge in [-0.2, -0.15) is 13.2 Å². The zero-order chi connectivity index (χ0) is 13.3. The second kappa shape index (κ2) is 4.32. The molecule has 0 atom stereocenters. The summed E-state index contributed by atoms with van der Waals surface area (Å²) in [6, 6.07) is 6.56. The van der Waals surface area contributed by atoms with E-state index in [9.17, 15) is 13.2 Å². The highest BCUT2D eigenvalue weighted by Crippen LogP contribution is 2.28. The molecule has 18 heavy (non-hydrogen) atoms. The first-order valence-corrected chi connectivity index (χ1v) is 5.04. The number of nitrogens with zero attached hydrogens (tertiary/aromatic N) is 3. The third-order valence-electron chi connectivity index (χ3n) is 2.36. The summed E-state index contributed by atoms with van der Waals surface area (Å²) in [5, 5.41) is 3.35. The molecule has 0 saturated heterocycles. The van der Waals surface area contributed by atoms with Crippen molar-refractivity contribution < 1.29 is 17.9 Å². The maximum atomic E-state index is 12.5. The number of rotatable bonds is 2. The Labute approximate surface area is 101 Å². The molecule has 0 spiro atoms. The molecule has 2 aromatic rings. The lowest BCUT2D eigenvalue weighted by atomic mass is 10.2. The molecular formula is C11H10F3N3O. The Bertz CT molecular complexity index is 546. The van der Waals surface area contributed by atoms with Crippen LogP contribution in [0.2, 0.25) is 0 Å². The summed E-state index contributed by atoms with van der Waals surface area (Å²) >= 11 is 0. The maximum Gasteiger partial charge on any atom is 0.453 e. The largest absolute Gasteiger partial charge is 0.497 e. The van der Waals surface area contributed by atoms with Crippen molar-refractivity contribution in [2.45, 2.75) is 6.18 Å². The van der Waals surface area contributed by atoms with Crippen molar-refractivity contribution in [2.75, 3.05) is 7.11 Å². The molecule has 0 fully saturated rings. The zero-order valence-corrected chi connectivity index (χ0v) is 9.69. The highest BCUT2D eigenvalue weighted by Gasteiger charge is 2.36. The molecule has 2 rings (SSSR count). The molecule has 96 valence electrons. The van der Waals surface area contributed by atoms with E-state index in [0.717, 1.165) is 4.68 Å². The maximum absolute atomic E-state index is 12.5. The van der Waals surface area contributed by atoms with Crippen LogP contribution in [0.5, 0.6) is 5.75 Å². The lowest BCUT2D eigenvalue weighted by Gasteiger charge is -2.02. The second-order valence-corrected chi connectivity index (χ2v) is 3.61. The SMILES string of the molecule is COc1ccc(-c2nc(C(F)(F)F)nn2C)cc1. The van der Waals surface area contributed by atoms with Crippen LogP contribution in [0.1, 0.15) is 5.82 Å². The third-order valence-corrected chi connectivity index (χ3v) is 2.36. The molecule has 1 heterocycles. The normalized spacial score (nSPS) is 11.6. The van der Waals surface area contributed by atoms with Crippen molar-refractivity contribution in [1.82, 2.24) is 14.8 Å². The topological polar surface area (TPSA) is 39.9 Å². The van der Waals surface area contributed by atoms with Gasteiger partial charge in [-0.25, -0.2) is 9.67 Å². The Balaban J connectivity index is 2.41. The second-order valence-electron chi connectivity index (χ2n) is 3.61. The molecule has 0 aliphatic carbocycles. The molecule has 1 aromatic heterocycles. The number of aryl methyl sites for hydroxylation is 1. The van der Waals surface area contributed by atoms with Crippen LogP contribution in [0.25, 0.3) is 11.4 Å². The van der Waals surface area contributed by atoms with E-state index in [2.05, 4.69) is 10.1 Å². The van der Waals surface area contributed by atoms with Gasteiger partial charge in [-0.3, -0.25) is 0 Å². The molecule has 7 heteroatoms. The van der Waals surface area contributed by atoms with Gasteiger partial charge in [-0.1, -0.05) is 0 Å². The summed E-state index contributed by atoms with van der Waals surface area (Å²) in [5.41, 5.74) is 0.543. The van der Waals surface area contributed by atoms with Gasteiger partial charge in [0, 0.05) is 12.6 Å². The Morgan fingerprint density at radius 1 is 1.17 bits per heavy atom. The van der Waals surface area contributed by atoms with Crippen LogP contribution in [0.15, 0.2) is 24.3 Å². The minimum absolute atomic E-state index is 0.157. The van der Waals surface area contributed by atoms with Gasteiger partial charge >= 0.3 is 6.18 Å². The fourth-order valence-electron chi connectivity index (χ4n) is 1.50. The summed E-state index contributed by atoms with van der Waals surface area (Å²) < 4.78 is 43.4. The van der Waals surface area contributed by atoms with Crippen molar-refractivity contribution in [3.05, 3.63) is 30.1 Å². The predicted octanol–water partition coefficient (Wildman–Crippen LogP) is 2.51. The van der Waals surface area contributed by atoms with Crippen molar-refractivity contribution in [2.24, 2.45) is 7.05 Å². The van der Waals surface area contributed by atoms with E-state index in [4.69, 9.17) is 4.74 Å². The van der Waals surface area contributed by atoms with Crippen molar-refractivity contribution in [3.8, 4) is 17.1 Å². The molecule has 0 amide bonds. The number of hydrogen-bond acceptors (Lipinski definition) is 3. The smallest absolute Gasteiger partial charge is 0.453 e. The molecule has 0 radical (unpaired) electrons. The minimum Gasteiger partial charge on any atom is -0.497 e. The summed E-state index contributed by atoms with van der Waals surface area (Å²) in [6.45, 7) is 0. The molecule has 4 nitrogen and oxygen atoms in total. The number of ether oxygens (including phenoxy) is 1. The van der Waals surface area contributed by atoms with E-state index in [1.165, 1.54) is 14.2 Å². The molecule has 0 saturated carbocycles. The molecule has 0 N–H and O–H groups in total. The van der Waals surface area contributed by atoms with Crippen molar-refractivity contribution in [3.63, 3.8) is 0 Å². The van der Waals surface area contributed by atoms with E-state index in [-0.39, 0.29) is 5.82 Å². The van der Waals surface area contributed by atoms with Gasteiger partial charge in [0.25, 0.3) is 5.82 Å². The van der Waals surface area contributed by atoms with E-state index < -0.39 is 12.0 Å². The zero-order valence-electron chi connectivity index (χ0n) is 9.69. The summed E-state index contributed by atoms with van der Waals surface area (Å²) in [5.74, 6) is -0.363. The average Bonchev–Trinajstić information content (AvgIpc) is 2.71. The number of aromatic nitrogens is 3. The van der Waals surface area contributed by atoms with Crippen LogP contribution >= 0.6 is 0 Å². The summed E-state index contributed by atoms with van der Waals surface area (Å²) in [6.07, 6.45) is -4.54. The summed E-state index contributed by atoms with van der Waals surface area (Å²) in [7, 11) is 2.93. The number of methoxy groups -OCH3 is 1. The Morgan fingerprint density at radius 2 is 1.78 bits per heavy atom. The lowest BCUT2D eigenvalue weighted by Crippen LogP contribution is -2.08. The first kappa shape index (κ1) is 12.4. The average molecular weight is 257 g/mol. The van der Waals surface area contributed by atoms with Crippen LogP contribution < -0.4 is 4.74 Å². The minimum atomic E-state index is -4.54. The number of hydrogen-bond donors (Lipinski definition) is 0. The fourth-order valence-corrected chi connectivity index (χ4v) is 1.50. The highest BCUT2D eigenvalue weighted by molar-refractivity contribution is 5.56. The van der Waals surface area contributed by atoms with Gasteiger partial charge in [-0.05, 0) is 24.3 Å². The Hall–Kier alpha value is -2.05. The van der Waals surface area contributed by atoms with Gasteiger partial charge in [0.05, 0.1) is 7.11 Å². The van der Waals surface area contributed by atoms with Crippen molar-refractivity contribution >= 4 is 0 Å². The summed E-state index contributed by atoms with van der Waals surface area (Å²) in [4.78, 5) is 3.49. The van der Waals surface area contributed by atoms with Gasteiger partial charge in [0.1, 0.15) is 5.75 Å². The molecule has 0 bridgehead atoms. The molecular weight excluding hydrogens is 247 g/mol. The molecule has 0 aliphatic heterocycles. The Morgan fingerprint density at radius 3 is 2.22 bits per heavy atom. The van der Waals surface area contributed by atoms with Crippen LogP contribution in [-0.4, -0.2) is 21.9 Å². The molecule has 0 aliphatic rings. The standard InChI is InChI=1S/C11H10F3N3O/c1-17-9(15-10(16-17)11(12,13)14)7-3-5-8(18-2)6-4-7/h3-6H,1-2H3. The van der Waals surface area contributed by atoms with Crippen molar-refractivity contribution in [1.29, 1.82) is 0 Å². The first-order valence-electron chi connectivity index (χ1n) is 5.04. The van der Waals surface area contributed by atoms with Gasteiger partial charge in [-0.15, -0.1) is 5.10 Å². The predicted molar refractivity (Wildman–Crippen MR) is 58.0 cm³/mol. The molecule has 1 aromatic carbocycles. The van der Waals surface area contributed by atoms with Gasteiger partial charge in [0.15, 0.2) is 5.82 Å². The van der Waals surface area contributed by atoms with Crippen LogP contribution in [0, 0.1) is 0 Å². The van der Waals surface area contributed by atoms with E-state index in [1.54, 1.807) is 24.3 Å². The molecule has 0 unspecified atom stereocenters. The van der Waals surface area contributed by atoms with Crippen LogP contribution in [0.3, 0.4) is 0 Å². The lowest BCUT2D eigenvalue weighted by molar-refractivity contribution is -0.144. The number of benzene rings is 1. The van der Waals surface area contributed by atoms with E-state index >= 15 is 0 Å². The van der Waals surface area contributed by atoms with Gasteiger partial charge < -0.3 is 4.74 Å². The number of alkyl halides is 3. The fraction of sp³-hybridized carbons (Fsp3) is 0.273. The Kier molecular flexibility index (Phi) is 2.98.